The topological polar surface area (TPSA) is 81.2 Å². The molecule has 0 atom stereocenters. The molecule has 8 heteroatoms. The van der Waals surface area contributed by atoms with E-state index < -0.39 is 0 Å². The fourth-order valence-corrected chi connectivity index (χ4v) is 2.68. The first-order valence-electron chi connectivity index (χ1n) is 8.35. The minimum absolute atomic E-state index is 0.349. The number of aromatic nitrogens is 3. The molecule has 0 fully saturated rings. The van der Waals surface area contributed by atoms with E-state index in [0.29, 0.717) is 34.8 Å². The SMILES string of the molecule is COc1cccc(CCNc2cnnc(Nc3cc(Cl)ccc3OC)n2)c1. The Morgan fingerprint density at radius 2 is 1.96 bits per heavy atom. The van der Waals surface area contributed by atoms with Crippen LogP contribution in [0.1, 0.15) is 5.56 Å². The van der Waals surface area contributed by atoms with Crippen molar-refractivity contribution in [2.45, 2.75) is 6.42 Å². The molecule has 1 heterocycles. The predicted molar refractivity (Wildman–Crippen MR) is 106 cm³/mol. The fraction of sp³-hybridized carbons (Fsp3) is 0.211. The molecule has 0 amide bonds. The van der Waals surface area contributed by atoms with Gasteiger partial charge in [-0.1, -0.05) is 23.7 Å². The molecule has 2 N–H and O–H groups in total. The Kier molecular flexibility index (Phi) is 6.27. The number of ether oxygens (including phenoxy) is 2. The molecule has 7 nitrogen and oxygen atoms in total. The highest BCUT2D eigenvalue weighted by atomic mass is 35.5. The van der Waals surface area contributed by atoms with Gasteiger partial charge in [-0.3, -0.25) is 0 Å². The zero-order valence-electron chi connectivity index (χ0n) is 15.1. The normalized spacial score (nSPS) is 10.3. The van der Waals surface area contributed by atoms with E-state index in [1.165, 1.54) is 5.56 Å². The molecule has 0 aliphatic rings. The predicted octanol–water partition coefficient (Wildman–Crippen LogP) is 3.94. The first-order valence-corrected chi connectivity index (χ1v) is 8.73. The van der Waals surface area contributed by atoms with E-state index in [2.05, 4.69) is 31.9 Å². The number of anilines is 3. The monoisotopic (exact) mass is 385 g/mol. The Morgan fingerprint density at radius 3 is 2.78 bits per heavy atom. The van der Waals surface area contributed by atoms with Crippen LogP contribution in [0.25, 0.3) is 0 Å². The molecule has 3 rings (SSSR count). The summed E-state index contributed by atoms with van der Waals surface area (Å²) in [6.45, 7) is 0.700. The van der Waals surface area contributed by atoms with E-state index in [-0.39, 0.29) is 0 Å². The van der Waals surface area contributed by atoms with Crippen LogP contribution in [0.3, 0.4) is 0 Å². The summed E-state index contributed by atoms with van der Waals surface area (Å²) in [6, 6.07) is 13.2. The van der Waals surface area contributed by atoms with Crippen LogP contribution in [0.15, 0.2) is 48.7 Å². The fourth-order valence-electron chi connectivity index (χ4n) is 2.50. The standard InChI is InChI=1S/C19H20ClN5O2/c1-26-15-5-3-4-13(10-15)8-9-21-18-12-22-25-19(24-18)23-16-11-14(20)6-7-17(16)27-2/h3-7,10-12H,8-9H2,1-2H3,(H2,21,23,24,25). The maximum absolute atomic E-state index is 6.05. The minimum atomic E-state index is 0.349. The van der Waals surface area contributed by atoms with Crippen molar-refractivity contribution in [3.63, 3.8) is 0 Å². The van der Waals surface area contributed by atoms with Crippen LogP contribution < -0.4 is 20.1 Å². The van der Waals surface area contributed by atoms with Gasteiger partial charge in [-0.05, 0) is 42.3 Å². The molecule has 0 spiro atoms. The number of nitrogens with one attached hydrogen (secondary N) is 2. The number of rotatable bonds is 8. The lowest BCUT2D eigenvalue weighted by Crippen LogP contribution is -2.09. The van der Waals surface area contributed by atoms with Crippen molar-refractivity contribution in [3.05, 3.63) is 59.2 Å². The maximum atomic E-state index is 6.05. The molecule has 0 bridgehead atoms. The Labute approximate surface area is 162 Å². The quantitative estimate of drug-likeness (QED) is 0.607. The lowest BCUT2D eigenvalue weighted by molar-refractivity contribution is 0.414. The number of hydrogen-bond donors (Lipinski definition) is 2. The second-order valence-electron chi connectivity index (χ2n) is 5.66. The van der Waals surface area contributed by atoms with Crippen molar-refractivity contribution >= 4 is 29.1 Å². The molecule has 0 saturated carbocycles. The van der Waals surface area contributed by atoms with E-state index in [1.807, 2.05) is 18.2 Å². The third-order valence-corrected chi connectivity index (χ3v) is 4.06. The van der Waals surface area contributed by atoms with E-state index in [0.717, 1.165) is 12.2 Å². The van der Waals surface area contributed by atoms with Crippen LogP contribution in [0.4, 0.5) is 17.5 Å². The molecular formula is C19H20ClN5O2. The van der Waals surface area contributed by atoms with Gasteiger partial charge in [-0.25, -0.2) is 0 Å². The highest BCUT2D eigenvalue weighted by Crippen LogP contribution is 2.29. The van der Waals surface area contributed by atoms with Gasteiger partial charge in [0.15, 0.2) is 5.82 Å². The molecule has 3 aromatic rings. The minimum Gasteiger partial charge on any atom is -0.497 e. The molecule has 27 heavy (non-hydrogen) atoms. The maximum Gasteiger partial charge on any atom is 0.249 e. The lowest BCUT2D eigenvalue weighted by Gasteiger charge is -2.11. The van der Waals surface area contributed by atoms with Crippen molar-refractivity contribution in [2.24, 2.45) is 0 Å². The van der Waals surface area contributed by atoms with E-state index in [9.17, 15) is 0 Å². The summed E-state index contributed by atoms with van der Waals surface area (Å²) in [7, 11) is 3.25. The van der Waals surface area contributed by atoms with E-state index in [4.69, 9.17) is 21.1 Å². The largest absolute Gasteiger partial charge is 0.497 e. The van der Waals surface area contributed by atoms with Crippen LogP contribution >= 0.6 is 11.6 Å². The molecular weight excluding hydrogens is 366 g/mol. The highest BCUT2D eigenvalue weighted by molar-refractivity contribution is 6.31. The van der Waals surface area contributed by atoms with Gasteiger partial charge in [0, 0.05) is 11.6 Å². The van der Waals surface area contributed by atoms with Crippen molar-refractivity contribution < 1.29 is 9.47 Å². The summed E-state index contributed by atoms with van der Waals surface area (Å²) in [6.07, 6.45) is 2.40. The lowest BCUT2D eigenvalue weighted by atomic mass is 10.1. The zero-order chi connectivity index (χ0) is 19.1. The Bertz CT molecular complexity index is 907. The van der Waals surface area contributed by atoms with Crippen molar-refractivity contribution in [3.8, 4) is 11.5 Å². The summed E-state index contributed by atoms with van der Waals surface area (Å²) in [4.78, 5) is 4.42. The van der Waals surface area contributed by atoms with Crippen molar-refractivity contribution in [1.82, 2.24) is 15.2 Å². The summed E-state index contributed by atoms with van der Waals surface area (Å²) in [5.41, 5.74) is 1.84. The molecule has 140 valence electrons. The Morgan fingerprint density at radius 1 is 1.07 bits per heavy atom. The number of benzene rings is 2. The number of hydrogen-bond acceptors (Lipinski definition) is 7. The Hall–Kier alpha value is -3.06. The number of nitrogens with zero attached hydrogens (tertiary/aromatic N) is 3. The van der Waals surface area contributed by atoms with Gasteiger partial charge >= 0.3 is 0 Å². The zero-order valence-corrected chi connectivity index (χ0v) is 15.8. The third kappa shape index (κ3) is 5.21. The van der Waals surface area contributed by atoms with Crippen LogP contribution in [-0.4, -0.2) is 35.9 Å². The average Bonchev–Trinajstić information content (AvgIpc) is 2.69. The molecule has 0 unspecified atom stereocenters. The Balaban J connectivity index is 1.63. The van der Waals surface area contributed by atoms with Gasteiger partial charge in [0.25, 0.3) is 0 Å². The third-order valence-electron chi connectivity index (χ3n) is 3.82. The smallest absolute Gasteiger partial charge is 0.249 e. The first-order chi connectivity index (χ1) is 13.2. The molecule has 0 aliphatic heterocycles. The summed E-state index contributed by atoms with van der Waals surface area (Å²) < 4.78 is 10.6. The van der Waals surface area contributed by atoms with E-state index >= 15 is 0 Å². The number of halogens is 1. The second kappa shape index (κ2) is 9.05. The molecule has 0 radical (unpaired) electrons. The number of methoxy groups -OCH3 is 2. The van der Waals surface area contributed by atoms with Gasteiger partial charge < -0.3 is 20.1 Å². The molecule has 1 aromatic heterocycles. The van der Waals surface area contributed by atoms with Gasteiger partial charge in [0.2, 0.25) is 5.95 Å². The van der Waals surface area contributed by atoms with Gasteiger partial charge in [0.1, 0.15) is 11.5 Å². The van der Waals surface area contributed by atoms with Gasteiger partial charge in [-0.15, -0.1) is 5.10 Å². The van der Waals surface area contributed by atoms with Gasteiger partial charge in [-0.2, -0.15) is 10.1 Å². The summed E-state index contributed by atoms with van der Waals surface area (Å²) in [5.74, 6) is 2.45. The van der Waals surface area contributed by atoms with Crippen LogP contribution in [-0.2, 0) is 6.42 Å². The first kappa shape index (κ1) is 18.7. The van der Waals surface area contributed by atoms with Crippen molar-refractivity contribution in [1.29, 1.82) is 0 Å². The average molecular weight is 386 g/mol. The van der Waals surface area contributed by atoms with Crippen LogP contribution in [0.2, 0.25) is 5.02 Å². The van der Waals surface area contributed by atoms with Gasteiger partial charge in [0.05, 0.1) is 26.1 Å². The second-order valence-corrected chi connectivity index (χ2v) is 6.10. The van der Waals surface area contributed by atoms with Crippen molar-refractivity contribution in [2.75, 3.05) is 31.4 Å². The summed E-state index contributed by atoms with van der Waals surface area (Å²) in [5, 5.41) is 14.9. The summed E-state index contributed by atoms with van der Waals surface area (Å²) >= 11 is 6.05. The van der Waals surface area contributed by atoms with Crippen LogP contribution in [0, 0.1) is 0 Å². The molecule has 0 aliphatic carbocycles. The molecule has 2 aromatic carbocycles. The highest BCUT2D eigenvalue weighted by Gasteiger charge is 2.07. The molecule has 0 saturated heterocycles. The van der Waals surface area contributed by atoms with E-state index in [1.54, 1.807) is 38.6 Å². The van der Waals surface area contributed by atoms with Crippen LogP contribution in [0.5, 0.6) is 11.5 Å².